The highest BCUT2D eigenvalue weighted by molar-refractivity contribution is 5.89. The summed E-state index contributed by atoms with van der Waals surface area (Å²) in [6, 6.07) is 4.11. The van der Waals surface area contributed by atoms with Crippen LogP contribution in [0, 0.1) is 0 Å². The predicted molar refractivity (Wildman–Crippen MR) is 55.6 cm³/mol. The minimum absolute atomic E-state index is 0.0674. The molecular formula is C9H8N4O3. The number of hydrogen-bond donors (Lipinski definition) is 3. The number of aromatic amines is 1. The summed E-state index contributed by atoms with van der Waals surface area (Å²) in [5, 5.41) is 14.5. The first-order chi connectivity index (χ1) is 7.59. The van der Waals surface area contributed by atoms with Crippen LogP contribution in [0.1, 0.15) is 10.4 Å². The molecule has 1 aromatic carbocycles. The molecule has 0 fully saturated rings. The zero-order valence-electron chi connectivity index (χ0n) is 8.04. The van der Waals surface area contributed by atoms with Gasteiger partial charge in [0.15, 0.2) is 0 Å². The van der Waals surface area contributed by atoms with Crippen LogP contribution in [0.5, 0.6) is 0 Å². The number of H-pyrrole nitrogens is 1. The van der Waals surface area contributed by atoms with E-state index in [0.29, 0.717) is 5.69 Å². The van der Waals surface area contributed by atoms with Gasteiger partial charge in [-0.05, 0) is 18.2 Å². The lowest BCUT2D eigenvalue weighted by atomic mass is 10.2. The average Bonchev–Trinajstić information content (AvgIpc) is 2.64. The van der Waals surface area contributed by atoms with E-state index in [1.165, 1.54) is 29.1 Å². The second-order valence-corrected chi connectivity index (χ2v) is 3.11. The van der Waals surface area contributed by atoms with Crippen molar-refractivity contribution in [1.82, 2.24) is 14.8 Å². The van der Waals surface area contributed by atoms with E-state index in [9.17, 15) is 9.59 Å². The van der Waals surface area contributed by atoms with E-state index in [0.717, 1.165) is 0 Å². The monoisotopic (exact) mass is 220 g/mol. The SMILES string of the molecule is Nc1cc(C(=O)O)ccc1-n1cn[nH]c1=O. The van der Waals surface area contributed by atoms with Crippen LogP contribution in [-0.2, 0) is 0 Å². The molecule has 0 amide bonds. The van der Waals surface area contributed by atoms with E-state index in [2.05, 4.69) is 10.2 Å². The summed E-state index contributed by atoms with van der Waals surface area (Å²) >= 11 is 0. The first-order valence-corrected chi connectivity index (χ1v) is 4.35. The van der Waals surface area contributed by atoms with E-state index in [-0.39, 0.29) is 11.3 Å². The van der Waals surface area contributed by atoms with Crippen LogP contribution in [0.15, 0.2) is 29.3 Å². The first kappa shape index (κ1) is 9.97. The molecule has 0 spiro atoms. The standard InChI is InChI=1S/C9H8N4O3/c10-6-3-5(8(14)15)1-2-7(6)13-4-11-12-9(13)16/h1-4H,10H2,(H,12,16)(H,14,15). The molecule has 16 heavy (non-hydrogen) atoms. The van der Waals surface area contributed by atoms with Crippen molar-refractivity contribution in [2.75, 3.05) is 5.73 Å². The number of nitrogens with two attached hydrogens (primary N) is 1. The number of carbonyl (C=O) groups is 1. The molecule has 0 radical (unpaired) electrons. The summed E-state index contributed by atoms with van der Waals surface area (Å²) in [4.78, 5) is 21.9. The lowest BCUT2D eigenvalue weighted by Gasteiger charge is -2.05. The highest BCUT2D eigenvalue weighted by atomic mass is 16.4. The fourth-order valence-corrected chi connectivity index (χ4v) is 1.33. The van der Waals surface area contributed by atoms with Gasteiger partial charge in [-0.3, -0.25) is 0 Å². The van der Waals surface area contributed by atoms with Crippen molar-refractivity contribution < 1.29 is 9.90 Å². The molecule has 0 atom stereocenters. The predicted octanol–water partition coefficient (Wildman–Crippen LogP) is -0.159. The number of aromatic nitrogens is 3. The first-order valence-electron chi connectivity index (χ1n) is 4.35. The van der Waals surface area contributed by atoms with Crippen molar-refractivity contribution in [1.29, 1.82) is 0 Å². The van der Waals surface area contributed by atoms with Crippen molar-refractivity contribution in [3.05, 3.63) is 40.6 Å². The van der Waals surface area contributed by atoms with Gasteiger partial charge in [0, 0.05) is 0 Å². The van der Waals surface area contributed by atoms with Gasteiger partial charge in [-0.2, -0.15) is 5.10 Å². The zero-order chi connectivity index (χ0) is 11.7. The second-order valence-electron chi connectivity index (χ2n) is 3.11. The number of anilines is 1. The van der Waals surface area contributed by atoms with Crippen LogP contribution in [0.25, 0.3) is 5.69 Å². The minimum Gasteiger partial charge on any atom is -0.478 e. The third-order valence-electron chi connectivity index (χ3n) is 2.09. The van der Waals surface area contributed by atoms with Crippen molar-refractivity contribution in [3.8, 4) is 5.69 Å². The van der Waals surface area contributed by atoms with Crippen LogP contribution in [-0.4, -0.2) is 25.8 Å². The zero-order valence-corrected chi connectivity index (χ0v) is 8.04. The average molecular weight is 220 g/mol. The topological polar surface area (TPSA) is 114 Å². The fraction of sp³-hybridized carbons (Fsp3) is 0. The van der Waals surface area contributed by atoms with Crippen molar-refractivity contribution in [3.63, 3.8) is 0 Å². The van der Waals surface area contributed by atoms with Gasteiger partial charge in [0.1, 0.15) is 6.33 Å². The van der Waals surface area contributed by atoms with Crippen LogP contribution < -0.4 is 11.4 Å². The lowest BCUT2D eigenvalue weighted by Crippen LogP contribution is -2.15. The molecule has 0 unspecified atom stereocenters. The molecular weight excluding hydrogens is 212 g/mol. The van der Waals surface area contributed by atoms with Crippen molar-refractivity contribution in [2.45, 2.75) is 0 Å². The second kappa shape index (κ2) is 3.54. The van der Waals surface area contributed by atoms with Crippen LogP contribution >= 0.6 is 0 Å². The van der Waals surface area contributed by atoms with E-state index in [4.69, 9.17) is 10.8 Å². The number of nitrogens with one attached hydrogen (secondary N) is 1. The van der Waals surface area contributed by atoms with Crippen LogP contribution in [0.4, 0.5) is 5.69 Å². The molecule has 4 N–H and O–H groups in total. The number of carboxylic acid groups (broad SMARTS) is 1. The molecule has 1 heterocycles. The Morgan fingerprint density at radius 3 is 2.75 bits per heavy atom. The summed E-state index contributed by atoms with van der Waals surface area (Å²) in [7, 11) is 0. The van der Waals surface area contributed by atoms with Crippen molar-refractivity contribution in [2.24, 2.45) is 0 Å². The van der Waals surface area contributed by atoms with Gasteiger partial charge < -0.3 is 10.8 Å². The van der Waals surface area contributed by atoms with E-state index in [1.807, 2.05) is 0 Å². The number of hydrogen-bond acceptors (Lipinski definition) is 4. The molecule has 0 aliphatic heterocycles. The molecule has 0 bridgehead atoms. The molecule has 82 valence electrons. The molecule has 0 saturated heterocycles. The Morgan fingerprint density at radius 1 is 1.50 bits per heavy atom. The molecule has 7 nitrogen and oxygen atoms in total. The van der Waals surface area contributed by atoms with E-state index < -0.39 is 11.7 Å². The Bertz CT molecular complexity index is 599. The number of aromatic carboxylic acids is 1. The minimum atomic E-state index is -1.07. The normalized spacial score (nSPS) is 10.2. The summed E-state index contributed by atoms with van der Waals surface area (Å²) in [6.45, 7) is 0. The number of rotatable bonds is 2. The maximum absolute atomic E-state index is 11.3. The van der Waals surface area contributed by atoms with Crippen molar-refractivity contribution >= 4 is 11.7 Å². The number of carboxylic acids is 1. The molecule has 0 saturated carbocycles. The fourth-order valence-electron chi connectivity index (χ4n) is 1.33. The number of benzene rings is 1. The highest BCUT2D eigenvalue weighted by Crippen LogP contribution is 2.17. The summed E-state index contributed by atoms with van der Waals surface area (Å²) < 4.78 is 1.20. The van der Waals surface area contributed by atoms with Gasteiger partial charge in [-0.25, -0.2) is 19.3 Å². The Balaban J connectivity index is 2.57. The Labute approximate surface area is 89.1 Å². The molecule has 7 heteroatoms. The smallest absolute Gasteiger partial charge is 0.347 e. The Kier molecular flexibility index (Phi) is 2.20. The van der Waals surface area contributed by atoms with E-state index >= 15 is 0 Å². The lowest BCUT2D eigenvalue weighted by molar-refractivity contribution is 0.0697. The maximum atomic E-state index is 11.3. The molecule has 0 aliphatic carbocycles. The van der Waals surface area contributed by atoms with Gasteiger partial charge in [0.2, 0.25) is 0 Å². The maximum Gasteiger partial charge on any atom is 0.347 e. The van der Waals surface area contributed by atoms with E-state index in [1.54, 1.807) is 0 Å². The third kappa shape index (κ3) is 1.54. The largest absolute Gasteiger partial charge is 0.478 e. The molecule has 0 aliphatic rings. The van der Waals surface area contributed by atoms with Crippen LogP contribution in [0.3, 0.4) is 0 Å². The Hall–Kier alpha value is -2.57. The number of nitrogens with zero attached hydrogens (tertiary/aromatic N) is 2. The van der Waals surface area contributed by atoms with Crippen LogP contribution in [0.2, 0.25) is 0 Å². The third-order valence-corrected chi connectivity index (χ3v) is 2.09. The number of nitrogen functional groups attached to an aromatic ring is 1. The van der Waals surface area contributed by atoms with Gasteiger partial charge in [0.25, 0.3) is 0 Å². The summed E-state index contributed by atoms with van der Waals surface area (Å²) in [6.07, 6.45) is 1.27. The molecule has 2 aromatic rings. The Morgan fingerprint density at radius 2 is 2.25 bits per heavy atom. The van der Waals surface area contributed by atoms with Gasteiger partial charge in [-0.15, -0.1) is 0 Å². The molecule has 1 aromatic heterocycles. The van der Waals surface area contributed by atoms with Gasteiger partial charge in [-0.1, -0.05) is 0 Å². The summed E-state index contributed by atoms with van der Waals surface area (Å²) in [5.74, 6) is -1.07. The molecule has 2 rings (SSSR count). The highest BCUT2D eigenvalue weighted by Gasteiger charge is 2.09. The van der Waals surface area contributed by atoms with Gasteiger partial charge in [0.05, 0.1) is 16.9 Å². The quantitative estimate of drug-likeness (QED) is 0.608. The van der Waals surface area contributed by atoms with Gasteiger partial charge >= 0.3 is 11.7 Å². The summed E-state index contributed by atoms with van der Waals surface area (Å²) in [5.41, 5.74) is 5.88.